The Balaban J connectivity index is 2.86. The van der Waals surface area contributed by atoms with E-state index >= 15 is 0 Å². The lowest BCUT2D eigenvalue weighted by molar-refractivity contribution is 0.134. The molecule has 0 heterocycles. The van der Waals surface area contributed by atoms with Crippen LogP contribution in [0.4, 0.5) is 5.69 Å². The summed E-state index contributed by atoms with van der Waals surface area (Å²) in [4.78, 5) is 2.41. The average molecular weight is 410 g/mol. The molecule has 27 heavy (non-hydrogen) atoms. The molecule has 0 aliphatic rings. The van der Waals surface area contributed by atoms with E-state index in [1.54, 1.807) is 0 Å². The van der Waals surface area contributed by atoms with Gasteiger partial charge in [0.15, 0.2) is 13.4 Å². The van der Waals surface area contributed by atoms with Crippen molar-refractivity contribution in [2.75, 3.05) is 25.0 Å². The Kier molecular flexibility index (Phi) is 9.41. The summed E-state index contributed by atoms with van der Waals surface area (Å²) in [6.07, 6.45) is 0.0713. The topological polar surface area (TPSA) is 36.5 Å². The molecule has 2 atom stereocenters. The first kappa shape index (κ1) is 24.1. The fraction of sp³-hybridized carbons (Fsp3) is 0.667. The van der Waals surface area contributed by atoms with E-state index in [1.807, 2.05) is 30.3 Å². The third-order valence-corrected chi connectivity index (χ3v) is 10.3. The monoisotopic (exact) mass is 409 g/mol. The maximum Gasteiger partial charge on any atom is 0.192 e. The number of nitrogens with one attached hydrogen (secondary N) is 2. The zero-order valence-electron chi connectivity index (χ0n) is 18.4. The number of likely N-dealkylation sites (N-methyl/N-ethyl adjacent to an activating group) is 1. The molecular formula is C21H39N3OSSi. The second kappa shape index (κ2) is 10.6. The highest BCUT2D eigenvalue weighted by molar-refractivity contribution is 7.80. The zero-order chi connectivity index (χ0) is 20.7. The number of para-hydroxylation sites is 1. The summed E-state index contributed by atoms with van der Waals surface area (Å²) >= 11 is 5.59. The summed E-state index contributed by atoms with van der Waals surface area (Å²) in [5, 5.41) is 7.63. The number of benzene rings is 1. The first-order chi connectivity index (χ1) is 12.5. The Morgan fingerprint density at radius 1 is 1.15 bits per heavy atom. The van der Waals surface area contributed by atoms with Crippen LogP contribution in [0, 0.1) is 0 Å². The highest BCUT2D eigenvalue weighted by Crippen LogP contribution is 2.37. The molecule has 4 nitrogen and oxygen atoms in total. The van der Waals surface area contributed by atoms with Crippen molar-refractivity contribution >= 4 is 31.3 Å². The third kappa shape index (κ3) is 7.90. The van der Waals surface area contributed by atoms with E-state index in [2.05, 4.69) is 70.2 Å². The largest absolute Gasteiger partial charge is 0.412 e. The quantitative estimate of drug-likeness (QED) is 0.439. The zero-order valence-corrected chi connectivity index (χ0v) is 20.2. The van der Waals surface area contributed by atoms with Gasteiger partial charge in [-0.05, 0) is 62.5 Å². The van der Waals surface area contributed by atoms with Crippen LogP contribution in [0.1, 0.15) is 41.5 Å². The third-order valence-electron chi connectivity index (χ3n) is 5.55. The van der Waals surface area contributed by atoms with E-state index in [1.165, 1.54) is 0 Å². The predicted octanol–water partition coefficient (Wildman–Crippen LogP) is 5.09. The average Bonchev–Trinajstić information content (AvgIpc) is 2.57. The van der Waals surface area contributed by atoms with Crippen LogP contribution < -0.4 is 10.6 Å². The lowest BCUT2D eigenvalue weighted by Crippen LogP contribution is -2.55. The van der Waals surface area contributed by atoms with E-state index in [0.29, 0.717) is 5.11 Å². The second-order valence-corrected chi connectivity index (χ2v) is 13.8. The fourth-order valence-electron chi connectivity index (χ4n) is 2.65. The smallest absolute Gasteiger partial charge is 0.192 e. The van der Waals surface area contributed by atoms with Crippen molar-refractivity contribution in [1.82, 2.24) is 10.2 Å². The highest BCUT2D eigenvalue weighted by Gasteiger charge is 2.40. The van der Waals surface area contributed by atoms with Crippen LogP contribution in [-0.4, -0.2) is 50.1 Å². The SMILES string of the molecule is CCN(CC)C[C@@H](NC(=S)Nc1ccccc1)[C@@H](C)O[Si](C)(C)C(C)(C)C. The minimum atomic E-state index is -1.85. The van der Waals surface area contributed by atoms with Crippen molar-refractivity contribution in [3.8, 4) is 0 Å². The molecule has 0 amide bonds. The summed E-state index contributed by atoms with van der Waals surface area (Å²) in [5.74, 6) is 0. The molecule has 0 spiro atoms. The molecular weight excluding hydrogens is 370 g/mol. The summed E-state index contributed by atoms with van der Waals surface area (Å²) < 4.78 is 6.67. The minimum Gasteiger partial charge on any atom is -0.412 e. The van der Waals surface area contributed by atoms with Gasteiger partial charge < -0.3 is 20.0 Å². The second-order valence-electron chi connectivity index (χ2n) is 8.64. The molecule has 154 valence electrons. The van der Waals surface area contributed by atoms with Crippen molar-refractivity contribution in [2.45, 2.75) is 71.8 Å². The van der Waals surface area contributed by atoms with E-state index in [9.17, 15) is 0 Å². The standard InChI is InChI=1S/C21H39N3OSSi/c1-9-24(10-2)16-19(17(3)25-27(7,8)21(4,5)6)23-20(26)22-18-14-12-11-13-15-18/h11-15,17,19H,9-10,16H2,1-8H3,(H2,22,23,26)/t17-,19-/m1/s1. The predicted molar refractivity (Wildman–Crippen MR) is 125 cm³/mol. The maximum atomic E-state index is 6.67. The van der Waals surface area contributed by atoms with Crippen LogP contribution in [0.25, 0.3) is 0 Å². The van der Waals surface area contributed by atoms with Crippen molar-refractivity contribution in [1.29, 1.82) is 0 Å². The van der Waals surface area contributed by atoms with E-state index in [4.69, 9.17) is 16.6 Å². The van der Waals surface area contributed by atoms with Gasteiger partial charge in [-0.15, -0.1) is 0 Å². The van der Waals surface area contributed by atoms with Gasteiger partial charge in [-0.1, -0.05) is 52.8 Å². The molecule has 1 aromatic carbocycles. The summed E-state index contributed by atoms with van der Waals surface area (Å²) in [7, 11) is -1.85. The molecule has 0 saturated heterocycles. The Hall–Kier alpha value is -0.953. The lowest BCUT2D eigenvalue weighted by Gasteiger charge is -2.41. The molecule has 1 rings (SSSR count). The number of thiocarbonyl (C=S) groups is 1. The molecule has 0 radical (unpaired) electrons. The van der Waals surface area contributed by atoms with Crippen molar-refractivity contribution < 1.29 is 4.43 Å². The fourth-order valence-corrected chi connectivity index (χ4v) is 4.37. The molecule has 0 unspecified atom stereocenters. The molecule has 0 saturated carbocycles. The Morgan fingerprint density at radius 2 is 1.70 bits per heavy atom. The van der Waals surface area contributed by atoms with E-state index in [-0.39, 0.29) is 17.2 Å². The normalized spacial score (nSPS) is 14.7. The number of hydrogen-bond acceptors (Lipinski definition) is 3. The van der Waals surface area contributed by atoms with Crippen LogP contribution in [0.3, 0.4) is 0 Å². The van der Waals surface area contributed by atoms with Gasteiger partial charge in [0.25, 0.3) is 0 Å². The molecule has 1 aromatic rings. The summed E-state index contributed by atoms with van der Waals surface area (Å²) in [5.41, 5.74) is 0.995. The molecule has 0 aliphatic carbocycles. The number of nitrogens with zero attached hydrogens (tertiary/aromatic N) is 1. The van der Waals surface area contributed by atoms with Gasteiger partial charge >= 0.3 is 0 Å². The van der Waals surface area contributed by atoms with Gasteiger partial charge in [-0.25, -0.2) is 0 Å². The number of anilines is 1. The Bertz CT molecular complexity index is 571. The summed E-state index contributed by atoms with van der Waals surface area (Å²) in [6, 6.07) is 10.2. The molecule has 0 fully saturated rings. The Labute approximate surface area is 173 Å². The first-order valence-corrected chi connectivity index (χ1v) is 13.3. The van der Waals surface area contributed by atoms with Crippen molar-refractivity contribution in [3.05, 3.63) is 30.3 Å². The van der Waals surface area contributed by atoms with Crippen LogP contribution in [0.15, 0.2) is 30.3 Å². The maximum absolute atomic E-state index is 6.67. The Morgan fingerprint density at radius 3 is 2.19 bits per heavy atom. The lowest BCUT2D eigenvalue weighted by atomic mass is 10.1. The van der Waals surface area contributed by atoms with E-state index in [0.717, 1.165) is 25.3 Å². The molecule has 0 aliphatic heterocycles. The van der Waals surface area contributed by atoms with Crippen LogP contribution >= 0.6 is 12.2 Å². The van der Waals surface area contributed by atoms with Gasteiger partial charge in [0.2, 0.25) is 0 Å². The van der Waals surface area contributed by atoms with Crippen LogP contribution in [0.2, 0.25) is 18.1 Å². The molecule has 2 N–H and O–H groups in total. The number of hydrogen-bond donors (Lipinski definition) is 2. The molecule has 6 heteroatoms. The van der Waals surface area contributed by atoms with Gasteiger partial charge in [0.1, 0.15) is 0 Å². The minimum absolute atomic E-state index is 0.0713. The van der Waals surface area contributed by atoms with Crippen molar-refractivity contribution in [2.24, 2.45) is 0 Å². The van der Waals surface area contributed by atoms with Gasteiger partial charge in [-0.2, -0.15) is 0 Å². The highest BCUT2D eigenvalue weighted by atomic mass is 32.1. The summed E-state index contributed by atoms with van der Waals surface area (Å²) in [6.45, 7) is 20.9. The van der Waals surface area contributed by atoms with Crippen LogP contribution in [-0.2, 0) is 4.43 Å². The molecule has 0 aromatic heterocycles. The van der Waals surface area contributed by atoms with Gasteiger partial charge in [-0.3, -0.25) is 0 Å². The first-order valence-electron chi connectivity index (χ1n) is 10.0. The van der Waals surface area contributed by atoms with E-state index < -0.39 is 8.32 Å². The van der Waals surface area contributed by atoms with Crippen LogP contribution in [0.5, 0.6) is 0 Å². The van der Waals surface area contributed by atoms with Gasteiger partial charge in [0.05, 0.1) is 12.1 Å². The number of rotatable bonds is 9. The van der Waals surface area contributed by atoms with Gasteiger partial charge in [0, 0.05) is 12.2 Å². The molecule has 0 bridgehead atoms. The van der Waals surface area contributed by atoms with Crippen molar-refractivity contribution in [3.63, 3.8) is 0 Å².